The number of rotatable bonds is 2. The van der Waals surface area contributed by atoms with Gasteiger partial charge in [-0.05, 0) is 17.8 Å². The zero-order chi connectivity index (χ0) is 8.06. The minimum absolute atomic E-state index is 0.115. The molecule has 0 radical (unpaired) electrons. The molecular formula is C8H12O2S. The first-order valence-corrected chi connectivity index (χ1v) is 5.12. The van der Waals surface area contributed by atoms with Gasteiger partial charge in [-0.15, -0.1) is 0 Å². The fourth-order valence-corrected chi connectivity index (χ4v) is 3.35. The second-order valence-electron chi connectivity index (χ2n) is 3.79. The molecule has 1 spiro atoms. The molecule has 2 nitrogen and oxygen atoms in total. The van der Waals surface area contributed by atoms with Crippen LogP contribution in [-0.2, 0) is 4.79 Å². The molecule has 1 aliphatic heterocycles. The van der Waals surface area contributed by atoms with Crippen molar-refractivity contribution in [3.05, 3.63) is 0 Å². The van der Waals surface area contributed by atoms with Gasteiger partial charge in [0.2, 0.25) is 0 Å². The molecule has 3 heteroatoms. The smallest absolute Gasteiger partial charge is 0.306 e. The van der Waals surface area contributed by atoms with E-state index in [4.69, 9.17) is 5.11 Å². The predicted molar refractivity (Wildman–Crippen MR) is 44.7 cm³/mol. The van der Waals surface area contributed by atoms with Gasteiger partial charge in [-0.1, -0.05) is 6.92 Å². The quantitative estimate of drug-likeness (QED) is 0.685. The Hall–Kier alpha value is -0.180. The zero-order valence-electron chi connectivity index (χ0n) is 6.54. The van der Waals surface area contributed by atoms with Crippen LogP contribution in [0.4, 0.5) is 0 Å². The Kier molecular flexibility index (Phi) is 1.46. The summed E-state index contributed by atoms with van der Waals surface area (Å²) < 4.78 is 0. The molecule has 2 rings (SSSR count). The van der Waals surface area contributed by atoms with Gasteiger partial charge in [-0.25, -0.2) is 0 Å². The van der Waals surface area contributed by atoms with Crippen molar-refractivity contribution in [1.29, 1.82) is 0 Å². The summed E-state index contributed by atoms with van der Waals surface area (Å²) in [5.41, 5.74) is 0.475. The van der Waals surface area contributed by atoms with Crippen LogP contribution in [0.15, 0.2) is 0 Å². The van der Waals surface area contributed by atoms with Crippen LogP contribution in [-0.4, -0.2) is 22.6 Å². The summed E-state index contributed by atoms with van der Waals surface area (Å²) in [5.74, 6) is 2.16. The molecule has 1 saturated carbocycles. The number of carboxylic acid groups (broad SMARTS) is 1. The minimum Gasteiger partial charge on any atom is -0.481 e. The monoisotopic (exact) mass is 172 g/mol. The molecule has 0 amide bonds. The normalized spacial score (nSPS) is 34.5. The van der Waals surface area contributed by atoms with E-state index < -0.39 is 5.97 Å². The topological polar surface area (TPSA) is 37.3 Å². The van der Waals surface area contributed by atoms with E-state index in [0.717, 1.165) is 6.42 Å². The van der Waals surface area contributed by atoms with Crippen LogP contribution in [0.5, 0.6) is 0 Å². The summed E-state index contributed by atoms with van der Waals surface area (Å²) in [6.07, 6.45) is 1.16. The Morgan fingerprint density at radius 3 is 2.64 bits per heavy atom. The molecule has 0 aromatic carbocycles. The van der Waals surface area contributed by atoms with Gasteiger partial charge in [0.1, 0.15) is 0 Å². The number of aliphatic carboxylic acids is 1. The average molecular weight is 172 g/mol. The number of carbonyl (C=O) groups is 1. The summed E-state index contributed by atoms with van der Waals surface area (Å²) in [6.45, 7) is 1.84. The van der Waals surface area contributed by atoms with Crippen LogP contribution >= 0.6 is 11.8 Å². The number of carboxylic acids is 1. The maximum atomic E-state index is 10.6. The van der Waals surface area contributed by atoms with E-state index in [-0.39, 0.29) is 5.92 Å². The lowest BCUT2D eigenvalue weighted by atomic mass is 9.98. The Labute approximate surface area is 70.4 Å². The molecule has 1 heterocycles. The Bertz CT molecular complexity index is 198. The van der Waals surface area contributed by atoms with Gasteiger partial charge in [-0.2, -0.15) is 11.8 Å². The highest BCUT2D eigenvalue weighted by Gasteiger charge is 2.61. The first-order valence-electron chi connectivity index (χ1n) is 3.96. The van der Waals surface area contributed by atoms with E-state index >= 15 is 0 Å². The molecule has 0 aromatic rings. The first kappa shape index (κ1) is 7.47. The highest BCUT2D eigenvalue weighted by molar-refractivity contribution is 8.00. The largest absolute Gasteiger partial charge is 0.481 e. The molecule has 1 saturated heterocycles. The summed E-state index contributed by atoms with van der Waals surface area (Å²) in [6, 6.07) is 0. The van der Waals surface area contributed by atoms with E-state index in [1.165, 1.54) is 11.5 Å². The van der Waals surface area contributed by atoms with Crippen LogP contribution in [0.25, 0.3) is 0 Å². The van der Waals surface area contributed by atoms with Crippen molar-refractivity contribution >= 4 is 17.7 Å². The van der Waals surface area contributed by atoms with Crippen molar-refractivity contribution in [1.82, 2.24) is 0 Å². The maximum absolute atomic E-state index is 10.6. The molecule has 2 fully saturated rings. The van der Waals surface area contributed by atoms with Gasteiger partial charge in [0.05, 0.1) is 5.92 Å². The number of hydrogen-bond acceptors (Lipinski definition) is 2. The van der Waals surface area contributed by atoms with E-state index in [0.29, 0.717) is 11.3 Å². The Balaban J connectivity index is 1.94. The van der Waals surface area contributed by atoms with Crippen molar-refractivity contribution in [2.45, 2.75) is 13.3 Å². The van der Waals surface area contributed by atoms with Crippen LogP contribution in [0.1, 0.15) is 13.3 Å². The minimum atomic E-state index is -0.622. The second-order valence-corrected chi connectivity index (χ2v) is 4.78. The fraction of sp³-hybridized carbons (Fsp3) is 0.875. The van der Waals surface area contributed by atoms with E-state index in [9.17, 15) is 4.79 Å². The van der Waals surface area contributed by atoms with E-state index in [2.05, 4.69) is 0 Å². The Morgan fingerprint density at radius 2 is 2.36 bits per heavy atom. The lowest BCUT2D eigenvalue weighted by molar-refractivity contribution is -0.142. The molecule has 0 bridgehead atoms. The van der Waals surface area contributed by atoms with Gasteiger partial charge >= 0.3 is 5.97 Å². The van der Waals surface area contributed by atoms with Crippen molar-refractivity contribution < 1.29 is 9.90 Å². The molecule has 62 valence electrons. The summed E-state index contributed by atoms with van der Waals surface area (Å²) in [4.78, 5) is 10.6. The molecule has 2 atom stereocenters. The molecule has 2 unspecified atom stereocenters. The van der Waals surface area contributed by atoms with Crippen molar-refractivity contribution in [3.8, 4) is 0 Å². The van der Waals surface area contributed by atoms with Gasteiger partial charge < -0.3 is 5.11 Å². The molecule has 1 aliphatic carbocycles. The van der Waals surface area contributed by atoms with Gasteiger partial charge in [0.15, 0.2) is 0 Å². The molecule has 11 heavy (non-hydrogen) atoms. The third-order valence-electron chi connectivity index (χ3n) is 3.02. The highest BCUT2D eigenvalue weighted by Crippen LogP contribution is 2.65. The SMILES string of the molecule is CC(C(=O)O)C1CC12CSC2. The molecular weight excluding hydrogens is 160 g/mol. The van der Waals surface area contributed by atoms with Crippen molar-refractivity contribution in [2.75, 3.05) is 11.5 Å². The van der Waals surface area contributed by atoms with Crippen molar-refractivity contribution in [2.24, 2.45) is 17.3 Å². The lowest BCUT2D eigenvalue weighted by Crippen LogP contribution is -2.26. The third-order valence-corrected chi connectivity index (χ3v) is 4.58. The zero-order valence-corrected chi connectivity index (χ0v) is 7.36. The van der Waals surface area contributed by atoms with Gasteiger partial charge in [0, 0.05) is 11.5 Å². The summed E-state index contributed by atoms with van der Waals surface area (Å²) in [5, 5.41) is 8.74. The highest BCUT2D eigenvalue weighted by atomic mass is 32.2. The van der Waals surface area contributed by atoms with Crippen molar-refractivity contribution in [3.63, 3.8) is 0 Å². The van der Waals surface area contributed by atoms with Crippen LogP contribution < -0.4 is 0 Å². The molecule has 0 aromatic heterocycles. The first-order chi connectivity index (χ1) is 5.16. The fourth-order valence-electron chi connectivity index (χ4n) is 1.95. The second kappa shape index (κ2) is 2.16. The van der Waals surface area contributed by atoms with Gasteiger partial charge in [0.25, 0.3) is 0 Å². The molecule has 2 aliphatic rings. The van der Waals surface area contributed by atoms with Crippen LogP contribution in [0, 0.1) is 17.3 Å². The predicted octanol–water partition coefficient (Wildman–Crippen LogP) is 1.46. The van der Waals surface area contributed by atoms with E-state index in [1.807, 2.05) is 18.7 Å². The van der Waals surface area contributed by atoms with Crippen LogP contribution in [0.2, 0.25) is 0 Å². The lowest BCUT2D eigenvalue weighted by Gasteiger charge is -2.27. The average Bonchev–Trinajstić information content (AvgIpc) is 2.58. The third kappa shape index (κ3) is 0.975. The maximum Gasteiger partial charge on any atom is 0.306 e. The number of hydrogen-bond donors (Lipinski definition) is 1. The number of thioether (sulfide) groups is 1. The summed E-state index contributed by atoms with van der Waals surface area (Å²) in [7, 11) is 0. The molecule has 1 N–H and O–H groups in total. The standard InChI is InChI=1S/C8H12O2S/c1-5(7(9)10)6-2-8(6)3-11-4-8/h5-6H,2-4H2,1H3,(H,9,10). The van der Waals surface area contributed by atoms with Crippen LogP contribution in [0.3, 0.4) is 0 Å². The summed E-state index contributed by atoms with van der Waals surface area (Å²) >= 11 is 1.95. The van der Waals surface area contributed by atoms with Gasteiger partial charge in [-0.3, -0.25) is 4.79 Å². The van der Waals surface area contributed by atoms with E-state index in [1.54, 1.807) is 0 Å². The Morgan fingerprint density at radius 1 is 1.73 bits per heavy atom.